The van der Waals surface area contributed by atoms with Crippen molar-refractivity contribution >= 4 is 18.0 Å². The zero-order chi connectivity index (χ0) is 15.5. The second-order valence-corrected chi connectivity index (χ2v) is 6.03. The highest BCUT2D eigenvalue weighted by Gasteiger charge is 2.30. The molecule has 1 saturated carbocycles. The van der Waals surface area contributed by atoms with Gasteiger partial charge in [0, 0.05) is 17.2 Å². The van der Waals surface area contributed by atoms with Gasteiger partial charge in [-0.15, -0.1) is 0 Å². The van der Waals surface area contributed by atoms with Crippen molar-refractivity contribution in [2.75, 3.05) is 0 Å². The van der Waals surface area contributed by atoms with E-state index in [0.717, 1.165) is 42.9 Å². The molecule has 0 aromatic heterocycles. The molecule has 1 aliphatic carbocycles. The number of carbonyl (C=O) groups excluding carboxylic acids is 1. The predicted octanol–water partition coefficient (Wildman–Crippen LogP) is 3.16. The number of carboxylic acid groups (broad SMARTS) is 1. The number of hydrogen-bond acceptors (Lipinski definition) is 2. The van der Waals surface area contributed by atoms with Crippen LogP contribution in [0.1, 0.15) is 54.1 Å². The molecule has 4 heteroatoms. The second-order valence-electron chi connectivity index (χ2n) is 6.03. The van der Waals surface area contributed by atoms with Crippen LogP contribution in [0.15, 0.2) is 24.3 Å². The predicted molar refractivity (Wildman–Crippen MR) is 82.2 cm³/mol. The molecule has 0 spiro atoms. The van der Waals surface area contributed by atoms with E-state index >= 15 is 0 Å². The molecule has 0 heterocycles. The van der Waals surface area contributed by atoms with Crippen molar-refractivity contribution in [1.82, 2.24) is 5.32 Å². The van der Waals surface area contributed by atoms with Crippen molar-refractivity contribution in [3.05, 3.63) is 41.0 Å². The van der Waals surface area contributed by atoms with E-state index in [1.807, 2.05) is 19.1 Å². The molecule has 0 aliphatic heterocycles. The number of aliphatic carboxylic acids is 1. The van der Waals surface area contributed by atoms with E-state index in [-0.39, 0.29) is 11.4 Å². The van der Waals surface area contributed by atoms with Crippen LogP contribution in [0.3, 0.4) is 0 Å². The maximum atomic E-state index is 12.4. The first-order valence-corrected chi connectivity index (χ1v) is 7.23. The van der Waals surface area contributed by atoms with Crippen LogP contribution in [0.2, 0.25) is 0 Å². The van der Waals surface area contributed by atoms with Gasteiger partial charge in [0.25, 0.3) is 5.91 Å². The standard InChI is InChI=1S/C17H21NO3/c1-12-9-13(5-6-15(19)20)11-14(10-12)16(21)18-17(2)7-3-4-8-17/h5-6,9-11H,3-4,7-8H2,1-2H3,(H,18,21)(H,19,20)/b6-5+. The third-order valence-electron chi connectivity index (χ3n) is 3.90. The molecule has 4 nitrogen and oxygen atoms in total. The first kappa shape index (κ1) is 15.3. The van der Waals surface area contributed by atoms with Crippen LogP contribution in [-0.2, 0) is 4.79 Å². The zero-order valence-corrected chi connectivity index (χ0v) is 12.5. The number of aryl methyl sites for hydroxylation is 1. The SMILES string of the molecule is Cc1cc(/C=C/C(=O)O)cc(C(=O)NC2(C)CCCC2)c1. The lowest BCUT2D eigenvalue weighted by Crippen LogP contribution is -2.43. The monoisotopic (exact) mass is 287 g/mol. The van der Waals surface area contributed by atoms with Gasteiger partial charge in [-0.2, -0.15) is 0 Å². The third kappa shape index (κ3) is 4.18. The van der Waals surface area contributed by atoms with Crippen molar-refractivity contribution in [3.8, 4) is 0 Å². The highest BCUT2D eigenvalue weighted by Crippen LogP contribution is 2.29. The molecule has 0 atom stereocenters. The fraction of sp³-hybridized carbons (Fsp3) is 0.412. The van der Waals surface area contributed by atoms with Gasteiger partial charge in [-0.25, -0.2) is 4.79 Å². The highest BCUT2D eigenvalue weighted by atomic mass is 16.4. The Labute approximate surface area is 124 Å². The quantitative estimate of drug-likeness (QED) is 0.836. The molecular formula is C17H21NO3. The van der Waals surface area contributed by atoms with Crippen LogP contribution >= 0.6 is 0 Å². The van der Waals surface area contributed by atoms with E-state index in [1.54, 1.807) is 6.07 Å². The zero-order valence-electron chi connectivity index (χ0n) is 12.5. The van der Waals surface area contributed by atoms with Crippen molar-refractivity contribution in [2.45, 2.75) is 45.1 Å². The van der Waals surface area contributed by atoms with Crippen LogP contribution in [0.25, 0.3) is 6.08 Å². The molecule has 1 aliphatic rings. The van der Waals surface area contributed by atoms with E-state index in [1.165, 1.54) is 6.08 Å². The topological polar surface area (TPSA) is 66.4 Å². The Bertz CT molecular complexity index is 584. The Morgan fingerprint density at radius 2 is 1.90 bits per heavy atom. The fourth-order valence-corrected chi connectivity index (χ4v) is 2.83. The van der Waals surface area contributed by atoms with Gasteiger partial charge >= 0.3 is 5.97 Å². The van der Waals surface area contributed by atoms with E-state index in [4.69, 9.17) is 5.11 Å². The molecule has 1 fully saturated rings. The molecule has 1 aromatic carbocycles. The molecule has 0 saturated heterocycles. The molecule has 0 bridgehead atoms. The van der Waals surface area contributed by atoms with Gasteiger partial charge < -0.3 is 10.4 Å². The summed E-state index contributed by atoms with van der Waals surface area (Å²) in [5.41, 5.74) is 2.12. The minimum atomic E-state index is -0.999. The van der Waals surface area contributed by atoms with Gasteiger partial charge in [0.15, 0.2) is 0 Å². The van der Waals surface area contributed by atoms with Gasteiger partial charge in [-0.3, -0.25) is 4.79 Å². The lowest BCUT2D eigenvalue weighted by Gasteiger charge is -2.25. The van der Waals surface area contributed by atoms with E-state index < -0.39 is 5.97 Å². The minimum absolute atomic E-state index is 0.0897. The van der Waals surface area contributed by atoms with E-state index in [2.05, 4.69) is 12.2 Å². The fourth-order valence-electron chi connectivity index (χ4n) is 2.83. The molecular weight excluding hydrogens is 266 g/mol. The van der Waals surface area contributed by atoms with Crippen molar-refractivity contribution in [3.63, 3.8) is 0 Å². The first-order valence-electron chi connectivity index (χ1n) is 7.23. The summed E-state index contributed by atoms with van der Waals surface area (Å²) in [6, 6.07) is 5.40. The van der Waals surface area contributed by atoms with E-state index in [0.29, 0.717) is 5.56 Å². The van der Waals surface area contributed by atoms with E-state index in [9.17, 15) is 9.59 Å². The molecule has 1 amide bonds. The van der Waals surface area contributed by atoms with Gasteiger partial charge in [-0.1, -0.05) is 18.9 Å². The normalized spacial score (nSPS) is 17.0. The smallest absolute Gasteiger partial charge is 0.328 e. The number of carboxylic acids is 1. The number of carbonyl (C=O) groups is 2. The molecule has 2 N–H and O–H groups in total. The van der Waals surface area contributed by atoms with Crippen LogP contribution in [0.4, 0.5) is 0 Å². The molecule has 2 rings (SSSR count). The number of benzene rings is 1. The molecule has 0 unspecified atom stereocenters. The Morgan fingerprint density at radius 3 is 2.52 bits per heavy atom. The molecule has 21 heavy (non-hydrogen) atoms. The molecule has 1 aromatic rings. The van der Waals surface area contributed by atoms with Gasteiger partial charge in [-0.05, 0) is 56.0 Å². The van der Waals surface area contributed by atoms with Crippen LogP contribution in [-0.4, -0.2) is 22.5 Å². The van der Waals surface area contributed by atoms with Crippen molar-refractivity contribution < 1.29 is 14.7 Å². The molecule has 0 radical (unpaired) electrons. The van der Waals surface area contributed by atoms with Crippen molar-refractivity contribution in [1.29, 1.82) is 0 Å². The van der Waals surface area contributed by atoms with Gasteiger partial charge in [0.2, 0.25) is 0 Å². The second kappa shape index (κ2) is 6.12. The highest BCUT2D eigenvalue weighted by molar-refractivity contribution is 5.96. The average Bonchev–Trinajstić information content (AvgIpc) is 2.82. The Kier molecular flexibility index (Phi) is 4.46. The third-order valence-corrected chi connectivity index (χ3v) is 3.90. The van der Waals surface area contributed by atoms with Crippen LogP contribution < -0.4 is 5.32 Å². The summed E-state index contributed by atoms with van der Waals surface area (Å²) in [6.07, 6.45) is 6.90. The largest absolute Gasteiger partial charge is 0.478 e. The summed E-state index contributed by atoms with van der Waals surface area (Å²) < 4.78 is 0. The maximum absolute atomic E-state index is 12.4. The maximum Gasteiger partial charge on any atom is 0.328 e. The van der Waals surface area contributed by atoms with Gasteiger partial charge in [0.05, 0.1) is 0 Å². The summed E-state index contributed by atoms with van der Waals surface area (Å²) in [6.45, 7) is 3.98. The summed E-state index contributed by atoms with van der Waals surface area (Å²) in [5.74, 6) is -1.09. The number of rotatable bonds is 4. The van der Waals surface area contributed by atoms with Crippen LogP contribution in [0, 0.1) is 6.92 Å². The summed E-state index contributed by atoms with van der Waals surface area (Å²) >= 11 is 0. The van der Waals surface area contributed by atoms with Crippen molar-refractivity contribution in [2.24, 2.45) is 0 Å². The first-order chi connectivity index (χ1) is 9.88. The summed E-state index contributed by atoms with van der Waals surface area (Å²) in [4.78, 5) is 23.0. The average molecular weight is 287 g/mol. The van der Waals surface area contributed by atoms with Gasteiger partial charge in [0.1, 0.15) is 0 Å². The minimum Gasteiger partial charge on any atom is -0.478 e. The Balaban J connectivity index is 2.18. The molecule has 112 valence electrons. The Hall–Kier alpha value is -2.10. The lowest BCUT2D eigenvalue weighted by atomic mass is 9.99. The summed E-state index contributed by atoms with van der Waals surface area (Å²) in [5, 5.41) is 11.8. The lowest BCUT2D eigenvalue weighted by molar-refractivity contribution is -0.131. The number of amides is 1. The van der Waals surface area contributed by atoms with Crippen LogP contribution in [0.5, 0.6) is 0 Å². The summed E-state index contributed by atoms with van der Waals surface area (Å²) in [7, 11) is 0. The number of nitrogens with one attached hydrogen (secondary N) is 1. The number of hydrogen-bond donors (Lipinski definition) is 2. The Morgan fingerprint density at radius 1 is 1.24 bits per heavy atom.